The van der Waals surface area contributed by atoms with Crippen LogP contribution in [0, 0.1) is 0 Å². The fourth-order valence-corrected chi connectivity index (χ4v) is 0.539. The van der Waals surface area contributed by atoms with E-state index in [2.05, 4.69) is 22.9 Å². The molecule has 0 rings (SSSR count). The molecule has 0 aromatic carbocycles. The Bertz CT molecular complexity index is 61.0. The SMILES string of the molecule is CCCCCCO.C[N-]C.C[N-]C.C[N-]C.[Ti+3]. The van der Waals surface area contributed by atoms with Crippen molar-refractivity contribution in [1.29, 1.82) is 0 Å². The van der Waals surface area contributed by atoms with Gasteiger partial charge in [-0.15, -0.1) is 0 Å². The molecule has 0 saturated carbocycles. The smallest absolute Gasteiger partial charge is 0.668 e. The predicted molar refractivity (Wildman–Crippen MR) is 76.8 cm³/mol. The summed E-state index contributed by atoms with van der Waals surface area (Å²) in [5.74, 6) is 0. The second-order valence-corrected chi connectivity index (χ2v) is 3.13. The van der Waals surface area contributed by atoms with Crippen LogP contribution < -0.4 is 0 Å². The first-order valence-electron chi connectivity index (χ1n) is 5.71. The summed E-state index contributed by atoms with van der Waals surface area (Å²) in [6, 6.07) is 0. The van der Waals surface area contributed by atoms with Gasteiger partial charge in [0.25, 0.3) is 0 Å². The summed E-state index contributed by atoms with van der Waals surface area (Å²) in [4.78, 5) is 0. The van der Waals surface area contributed by atoms with Crippen LogP contribution in [0.1, 0.15) is 32.6 Å². The van der Waals surface area contributed by atoms with Crippen molar-refractivity contribution >= 4 is 0 Å². The molecule has 5 heteroatoms. The van der Waals surface area contributed by atoms with Gasteiger partial charge in [-0.05, 0) is 6.42 Å². The van der Waals surface area contributed by atoms with Crippen molar-refractivity contribution in [2.75, 3.05) is 48.9 Å². The molecule has 0 atom stereocenters. The van der Waals surface area contributed by atoms with Gasteiger partial charge in [0.1, 0.15) is 0 Å². The minimum absolute atomic E-state index is 0. The van der Waals surface area contributed by atoms with Crippen molar-refractivity contribution in [1.82, 2.24) is 0 Å². The van der Waals surface area contributed by atoms with Crippen LogP contribution in [-0.4, -0.2) is 54.0 Å². The van der Waals surface area contributed by atoms with Crippen LogP contribution in [0.3, 0.4) is 0 Å². The first-order valence-corrected chi connectivity index (χ1v) is 5.71. The van der Waals surface area contributed by atoms with Crippen molar-refractivity contribution < 1.29 is 26.8 Å². The van der Waals surface area contributed by atoms with E-state index in [0.717, 1.165) is 6.42 Å². The predicted octanol–water partition coefficient (Wildman–Crippen LogP) is 3.42. The summed E-state index contributed by atoms with van der Waals surface area (Å²) in [7, 11) is 10.5. The molecule has 105 valence electrons. The average molecular weight is 282 g/mol. The number of unbranched alkanes of at least 4 members (excludes halogenated alkanes) is 3. The van der Waals surface area contributed by atoms with Crippen LogP contribution in [0.15, 0.2) is 0 Å². The Kier molecular flexibility index (Phi) is 98.3. The molecule has 1 radical (unpaired) electrons. The molecule has 0 unspecified atom stereocenters. The molecule has 0 aliphatic heterocycles. The summed E-state index contributed by atoms with van der Waals surface area (Å²) >= 11 is 0. The molecular formula is C12H32N3OTi. The van der Waals surface area contributed by atoms with E-state index in [1.807, 2.05) is 0 Å². The summed E-state index contributed by atoms with van der Waals surface area (Å²) in [5, 5.41) is 18.8. The van der Waals surface area contributed by atoms with Crippen LogP contribution in [0.25, 0.3) is 16.0 Å². The fourth-order valence-electron chi connectivity index (χ4n) is 0.539. The van der Waals surface area contributed by atoms with Gasteiger partial charge in [0.05, 0.1) is 0 Å². The summed E-state index contributed by atoms with van der Waals surface area (Å²) in [5.41, 5.74) is 0. The minimum Gasteiger partial charge on any atom is -0.668 e. The zero-order chi connectivity index (χ0) is 13.7. The van der Waals surface area contributed by atoms with Crippen molar-refractivity contribution in [3.05, 3.63) is 16.0 Å². The van der Waals surface area contributed by atoms with E-state index in [-0.39, 0.29) is 21.7 Å². The van der Waals surface area contributed by atoms with Crippen LogP contribution in [0.5, 0.6) is 0 Å². The second kappa shape index (κ2) is 54.7. The topological polar surface area (TPSA) is 62.5 Å². The van der Waals surface area contributed by atoms with Crippen molar-refractivity contribution in [3.63, 3.8) is 0 Å². The molecule has 0 amide bonds. The Morgan fingerprint density at radius 3 is 1.18 bits per heavy atom. The maximum Gasteiger partial charge on any atom is 3.00 e. The monoisotopic (exact) mass is 282 g/mol. The molecular weight excluding hydrogens is 250 g/mol. The summed E-state index contributed by atoms with van der Waals surface area (Å²) in [6.45, 7) is 2.53. The Morgan fingerprint density at radius 2 is 1.00 bits per heavy atom. The normalized spacial score (nSPS) is 7.06. The van der Waals surface area contributed by atoms with Crippen LogP contribution >= 0.6 is 0 Å². The first kappa shape index (κ1) is 30.5. The van der Waals surface area contributed by atoms with Crippen LogP contribution in [-0.2, 0) is 21.7 Å². The number of rotatable bonds is 4. The summed E-state index contributed by atoms with van der Waals surface area (Å²) in [6.07, 6.45) is 4.68. The molecule has 17 heavy (non-hydrogen) atoms. The minimum atomic E-state index is 0. The Hall–Kier alpha value is 0.554. The van der Waals surface area contributed by atoms with E-state index in [0.29, 0.717) is 6.61 Å². The molecule has 0 aromatic heterocycles. The number of hydrogen-bond acceptors (Lipinski definition) is 1. The fraction of sp³-hybridized carbons (Fsp3) is 1.00. The molecule has 0 aliphatic rings. The maximum atomic E-state index is 8.29. The van der Waals surface area contributed by atoms with E-state index < -0.39 is 0 Å². The van der Waals surface area contributed by atoms with Gasteiger partial charge < -0.3 is 21.1 Å². The quantitative estimate of drug-likeness (QED) is 0.623. The van der Waals surface area contributed by atoms with Crippen molar-refractivity contribution in [3.8, 4) is 0 Å². The average Bonchev–Trinajstić information content (AvgIpc) is 2.22. The largest absolute Gasteiger partial charge is 3.00 e. The van der Waals surface area contributed by atoms with Crippen LogP contribution in [0.4, 0.5) is 0 Å². The van der Waals surface area contributed by atoms with Crippen molar-refractivity contribution in [2.24, 2.45) is 0 Å². The number of hydrogen-bond donors (Lipinski definition) is 1. The van der Waals surface area contributed by atoms with Gasteiger partial charge >= 0.3 is 21.7 Å². The zero-order valence-electron chi connectivity index (χ0n) is 12.8. The molecule has 0 heterocycles. The van der Waals surface area contributed by atoms with E-state index in [1.165, 1.54) is 19.3 Å². The third kappa shape index (κ3) is 169. The van der Waals surface area contributed by atoms with Gasteiger partial charge in [0.2, 0.25) is 0 Å². The molecule has 0 bridgehead atoms. The molecule has 0 aliphatic carbocycles. The Labute approximate surface area is 124 Å². The van der Waals surface area contributed by atoms with E-state index in [1.54, 1.807) is 42.3 Å². The third-order valence-electron chi connectivity index (χ3n) is 1.01. The number of nitrogens with zero attached hydrogens (tertiary/aromatic N) is 3. The maximum absolute atomic E-state index is 8.29. The van der Waals surface area contributed by atoms with Gasteiger partial charge in [-0.3, -0.25) is 0 Å². The van der Waals surface area contributed by atoms with Gasteiger partial charge in [0, 0.05) is 6.61 Å². The molecule has 0 saturated heterocycles. The summed E-state index contributed by atoms with van der Waals surface area (Å²) < 4.78 is 0. The first-order chi connectivity index (χ1) is 7.66. The molecule has 0 aromatic rings. The third-order valence-corrected chi connectivity index (χ3v) is 1.01. The van der Waals surface area contributed by atoms with E-state index in [4.69, 9.17) is 5.11 Å². The molecule has 4 nitrogen and oxygen atoms in total. The molecule has 1 N–H and O–H groups in total. The van der Waals surface area contributed by atoms with E-state index in [9.17, 15) is 0 Å². The van der Waals surface area contributed by atoms with E-state index >= 15 is 0 Å². The van der Waals surface area contributed by atoms with Crippen LogP contribution in [0.2, 0.25) is 0 Å². The Morgan fingerprint density at radius 1 is 0.706 bits per heavy atom. The van der Waals surface area contributed by atoms with Gasteiger partial charge in [-0.25, -0.2) is 0 Å². The van der Waals surface area contributed by atoms with Crippen molar-refractivity contribution in [2.45, 2.75) is 32.6 Å². The Balaban J connectivity index is -0.0000000411. The van der Waals surface area contributed by atoms with Gasteiger partial charge in [-0.2, -0.15) is 42.3 Å². The molecule has 0 fully saturated rings. The number of aliphatic hydroxyl groups is 1. The van der Waals surface area contributed by atoms with Gasteiger partial charge in [0.15, 0.2) is 0 Å². The zero-order valence-corrected chi connectivity index (χ0v) is 14.4. The standard InChI is InChI=1S/C6H14O.3C2H6N.Ti/c1-2-3-4-5-6-7;3*1-3-2;/h7H,2-6H2,1H3;3*1-2H3;/q;3*-1;+3. The number of aliphatic hydroxyl groups excluding tert-OH is 1. The molecule has 0 spiro atoms. The van der Waals surface area contributed by atoms with Gasteiger partial charge in [-0.1, -0.05) is 26.2 Å². The second-order valence-electron chi connectivity index (χ2n) is 3.13.